The minimum absolute atomic E-state index is 0.0307. The van der Waals surface area contributed by atoms with Gasteiger partial charge in [-0.15, -0.1) is 16.4 Å². The fourth-order valence-electron chi connectivity index (χ4n) is 2.97. The Morgan fingerprint density at radius 2 is 2.15 bits per heavy atom. The van der Waals surface area contributed by atoms with E-state index in [0.29, 0.717) is 31.1 Å². The summed E-state index contributed by atoms with van der Waals surface area (Å²) in [6.07, 6.45) is -0.475. The minimum Gasteiger partial charge on any atom is -0.391 e. The third-order valence-corrected chi connectivity index (χ3v) is 5.32. The van der Waals surface area contributed by atoms with Gasteiger partial charge in [0.25, 0.3) is 5.91 Å². The van der Waals surface area contributed by atoms with Crippen molar-refractivity contribution in [2.75, 3.05) is 19.6 Å². The molecule has 140 valence electrons. The van der Waals surface area contributed by atoms with Crippen LogP contribution in [0.3, 0.4) is 0 Å². The number of nitrogens with one attached hydrogen (secondary N) is 2. The van der Waals surface area contributed by atoms with E-state index in [4.69, 9.17) is 0 Å². The molecule has 1 amide bonds. The molecule has 1 aliphatic rings. The smallest absolute Gasteiger partial charge is 0.291 e. The Labute approximate surface area is 158 Å². The zero-order chi connectivity index (χ0) is 18.8. The maximum absolute atomic E-state index is 13.3. The average Bonchev–Trinajstić information content (AvgIpc) is 3.41. The number of benzene rings is 1. The van der Waals surface area contributed by atoms with Gasteiger partial charge in [0.2, 0.25) is 5.82 Å². The second kappa shape index (κ2) is 7.55. The molecule has 0 saturated carbocycles. The first-order chi connectivity index (χ1) is 13.1. The van der Waals surface area contributed by atoms with Crippen molar-refractivity contribution in [3.05, 3.63) is 53.4 Å². The normalized spacial score (nSPS) is 19.3. The average molecular weight is 387 g/mol. The third-order valence-electron chi connectivity index (χ3n) is 4.45. The number of rotatable bonds is 5. The van der Waals surface area contributed by atoms with Crippen molar-refractivity contribution in [3.8, 4) is 16.4 Å². The van der Waals surface area contributed by atoms with Crippen molar-refractivity contribution in [1.82, 2.24) is 25.4 Å². The summed E-state index contributed by atoms with van der Waals surface area (Å²) in [6.45, 7) is 1.52. The monoisotopic (exact) mass is 387 g/mol. The number of halogens is 1. The number of hydrogen-bond donors (Lipinski definition) is 3. The summed E-state index contributed by atoms with van der Waals surface area (Å²) in [6, 6.07) is 9.62. The lowest BCUT2D eigenvalue weighted by molar-refractivity contribution is 0.0917. The molecular weight excluding hydrogens is 369 g/mol. The molecule has 1 aromatic carbocycles. The molecule has 0 bridgehead atoms. The van der Waals surface area contributed by atoms with Gasteiger partial charge in [-0.1, -0.05) is 6.07 Å². The summed E-state index contributed by atoms with van der Waals surface area (Å²) in [5.74, 6) is -0.247. The van der Waals surface area contributed by atoms with Gasteiger partial charge >= 0.3 is 0 Å². The van der Waals surface area contributed by atoms with Crippen molar-refractivity contribution >= 4 is 17.2 Å². The van der Waals surface area contributed by atoms with Gasteiger partial charge in [-0.3, -0.25) is 4.79 Å². The van der Waals surface area contributed by atoms with Crippen molar-refractivity contribution in [2.45, 2.75) is 6.10 Å². The zero-order valence-electron chi connectivity index (χ0n) is 14.3. The lowest BCUT2D eigenvalue weighted by atomic mass is 10.1. The molecule has 7 nitrogen and oxygen atoms in total. The first-order valence-electron chi connectivity index (χ1n) is 8.55. The lowest BCUT2D eigenvalue weighted by Gasteiger charge is -2.12. The largest absolute Gasteiger partial charge is 0.391 e. The molecule has 27 heavy (non-hydrogen) atoms. The van der Waals surface area contributed by atoms with E-state index in [2.05, 4.69) is 20.7 Å². The molecule has 2 atom stereocenters. The molecule has 3 heterocycles. The number of hydrogen-bond acceptors (Lipinski definition) is 6. The Kier molecular flexibility index (Phi) is 4.97. The number of carbonyl (C=O) groups excluding carboxylic acids is 1. The quantitative estimate of drug-likeness (QED) is 0.616. The summed E-state index contributed by atoms with van der Waals surface area (Å²) in [5.41, 5.74) is 0.613. The first kappa shape index (κ1) is 17.8. The van der Waals surface area contributed by atoms with Crippen LogP contribution < -0.4 is 10.6 Å². The van der Waals surface area contributed by atoms with Crippen LogP contribution in [0.25, 0.3) is 16.4 Å². The molecule has 0 spiro atoms. The van der Waals surface area contributed by atoms with Crippen LogP contribution in [0.15, 0.2) is 41.8 Å². The van der Waals surface area contributed by atoms with Gasteiger partial charge in [0.15, 0.2) is 5.82 Å². The molecule has 0 aliphatic carbocycles. The molecular formula is C18H18FN5O2S. The summed E-state index contributed by atoms with van der Waals surface area (Å²) >= 11 is 1.48. The van der Waals surface area contributed by atoms with Crippen LogP contribution in [0, 0.1) is 11.7 Å². The Balaban J connectivity index is 1.60. The summed E-state index contributed by atoms with van der Waals surface area (Å²) in [7, 11) is 0. The van der Waals surface area contributed by atoms with Crippen LogP contribution >= 0.6 is 11.3 Å². The number of aliphatic hydroxyl groups is 1. The molecule has 0 radical (unpaired) electrons. The maximum atomic E-state index is 13.3. The molecule has 1 saturated heterocycles. The number of thiophene rings is 1. The van der Waals surface area contributed by atoms with Crippen molar-refractivity contribution in [1.29, 1.82) is 0 Å². The summed E-state index contributed by atoms with van der Waals surface area (Å²) in [4.78, 5) is 17.8. The van der Waals surface area contributed by atoms with E-state index in [0.717, 1.165) is 4.88 Å². The van der Waals surface area contributed by atoms with Gasteiger partial charge < -0.3 is 15.7 Å². The van der Waals surface area contributed by atoms with Crippen molar-refractivity contribution < 1.29 is 14.3 Å². The van der Waals surface area contributed by atoms with Gasteiger partial charge in [-0.05, 0) is 35.7 Å². The topological polar surface area (TPSA) is 92.1 Å². The van der Waals surface area contributed by atoms with E-state index in [1.165, 1.54) is 28.2 Å². The predicted octanol–water partition coefficient (Wildman–Crippen LogP) is 1.45. The number of nitrogens with zero attached hydrogens (tertiary/aromatic N) is 3. The number of β-amino-alcohol motifs (C(OH)–C–C–N with tert-alkyl or cyclic N) is 1. The maximum Gasteiger partial charge on any atom is 0.291 e. The van der Waals surface area contributed by atoms with E-state index >= 15 is 0 Å². The number of amides is 1. The standard InChI is InChI=1S/C18H18FN5O2S/c19-12-3-5-13(6-4-12)24-17(15-2-1-7-27-15)22-16(23-24)18(26)21-9-11-8-20-10-14(11)25/h1-7,11,14,20,25H,8-10H2,(H,21,26). The van der Waals surface area contributed by atoms with E-state index in [1.54, 1.807) is 12.1 Å². The number of aliphatic hydroxyl groups excluding tert-OH is 1. The predicted molar refractivity (Wildman–Crippen MR) is 99.3 cm³/mol. The second-order valence-electron chi connectivity index (χ2n) is 6.32. The Hall–Kier alpha value is -2.62. The highest BCUT2D eigenvalue weighted by Gasteiger charge is 2.26. The Morgan fingerprint density at radius 3 is 2.81 bits per heavy atom. The van der Waals surface area contributed by atoms with Crippen LogP contribution in [0.1, 0.15) is 10.6 Å². The highest BCUT2D eigenvalue weighted by molar-refractivity contribution is 7.13. The molecule has 9 heteroatoms. The van der Waals surface area contributed by atoms with Gasteiger partial charge in [-0.2, -0.15) is 0 Å². The molecule has 4 rings (SSSR count). The van der Waals surface area contributed by atoms with Crippen LogP contribution in [0.2, 0.25) is 0 Å². The highest BCUT2D eigenvalue weighted by atomic mass is 32.1. The minimum atomic E-state index is -0.475. The molecule has 1 fully saturated rings. The van der Waals surface area contributed by atoms with Crippen LogP contribution in [-0.2, 0) is 0 Å². The van der Waals surface area contributed by atoms with Crippen LogP contribution in [0.4, 0.5) is 4.39 Å². The zero-order valence-corrected chi connectivity index (χ0v) is 15.1. The highest BCUT2D eigenvalue weighted by Crippen LogP contribution is 2.25. The second-order valence-corrected chi connectivity index (χ2v) is 7.27. The molecule has 2 unspecified atom stereocenters. The summed E-state index contributed by atoms with van der Waals surface area (Å²) < 4.78 is 14.8. The van der Waals surface area contributed by atoms with Gasteiger partial charge in [0, 0.05) is 25.6 Å². The van der Waals surface area contributed by atoms with Crippen LogP contribution in [-0.4, -0.2) is 51.5 Å². The fraction of sp³-hybridized carbons (Fsp3) is 0.278. The Bertz CT molecular complexity index is 926. The van der Waals surface area contributed by atoms with Gasteiger partial charge in [-0.25, -0.2) is 14.1 Å². The van der Waals surface area contributed by atoms with Gasteiger partial charge in [0.05, 0.1) is 16.7 Å². The van der Waals surface area contributed by atoms with E-state index in [1.807, 2.05) is 17.5 Å². The van der Waals surface area contributed by atoms with E-state index < -0.39 is 12.0 Å². The SMILES string of the molecule is O=C(NCC1CNCC1O)c1nc(-c2cccs2)n(-c2ccc(F)cc2)n1. The molecule has 3 N–H and O–H groups in total. The molecule has 2 aromatic heterocycles. The fourth-order valence-corrected chi connectivity index (χ4v) is 3.66. The van der Waals surface area contributed by atoms with E-state index in [9.17, 15) is 14.3 Å². The molecule has 3 aromatic rings. The van der Waals surface area contributed by atoms with Crippen LogP contribution in [0.5, 0.6) is 0 Å². The lowest BCUT2D eigenvalue weighted by Crippen LogP contribution is -2.34. The third kappa shape index (κ3) is 3.75. The van der Waals surface area contributed by atoms with Gasteiger partial charge in [0.1, 0.15) is 5.82 Å². The van der Waals surface area contributed by atoms with Crippen molar-refractivity contribution in [3.63, 3.8) is 0 Å². The number of aromatic nitrogens is 3. The number of carbonyl (C=O) groups is 1. The Morgan fingerprint density at radius 1 is 1.33 bits per heavy atom. The van der Waals surface area contributed by atoms with Crippen molar-refractivity contribution in [2.24, 2.45) is 5.92 Å². The first-order valence-corrected chi connectivity index (χ1v) is 9.43. The van der Waals surface area contributed by atoms with E-state index in [-0.39, 0.29) is 17.6 Å². The molecule has 1 aliphatic heterocycles. The summed E-state index contributed by atoms with van der Waals surface area (Å²) in [5, 5.41) is 21.9.